The number of amides is 1. The van der Waals surface area contributed by atoms with Crippen LogP contribution in [0.2, 0.25) is 10.3 Å². The molecule has 1 aromatic rings. The molecule has 1 atom stereocenters. The Hall–Kier alpha value is -0.450. The summed E-state index contributed by atoms with van der Waals surface area (Å²) in [5, 5.41) is 3.42. The monoisotopic (exact) mass is 290 g/mol. The summed E-state index contributed by atoms with van der Waals surface area (Å²) in [6.07, 6.45) is 0.925. The van der Waals surface area contributed by atoms with Crippen LogP contribution in [0.25, 0.3) is 0 Å². The number of hydrogen-bond donors (Lipinski definition) is 1. The fraction of sp³-hybridized carbons (Fsp3) is 0.455. The van der Waals surface area contributed by atoms with Crippen molar-refractivity contribution in [1.82, 2.24) is 4.98 Å². The molecule has 1 aliphatic heterocycles. The minimum Gasteiger partial charge on any atom is -0.323 e. The third-order valence-electron chi connectivity index (χ3n) is 2.69. The molecule has 1 aliphatic rings. The quantitative estimate of drug-likeness (QED) is 0.849. The molecule has 1 fully saturated rings. The lowest BCUT2D eigenvalue weighted by Gasteiger charge is -2.13. The Kier molecular flexibility index (Phi) is 4.17. The molecule has 92 valence electrons. The molecule has 0 aliphatic carbocycles. The second-order valence-corrected chi connectivity index (χ2v) is 5.87. The van der Waals surface area contributed by atoms with Crippen LogP contribution in [0.15, 0.2) is 6.07 Å². The molecule has 1 amide bonds. The molecular formula is C11H12Cl2N2OS. The number of carbonyl (C=O) groups excluding carboxylic acids is 1. The maximum Gasteiger partial charge on any atom is 0.228 e. The highest BCUT2D eigenvalue weighted by Crippen LogP contribution is 2.29. The number of anilines is 1. The first-order chi connectivity index (χ1) is 8.08. The SMILES string of the molecule is Cc1cc(Cl)nc(Cl)c1NC(=O)C1CCSC1. The molecule has 1 unspecified atom stereocenters. The van der Waals surface area contributed by atoms with Crippen molar-refractivity contribution < 1.29 is 4.79 Å². The Morgan fingerprint density at radius 1 is 1.59 bits per heavy atom. The van der Waals surface area contributed by atoms with Gasteiger partial charge in [0.15, 0.2) is 5.15 Å². The zero-order valence-corrected chi connectivity index (χ0v) is 11.6. The molecule has 1 aromatic heterocycles. The minimum atomic E-state index is 0.0177. The van der Waals surface area contributed by atoms with Gasteiger partial charge < -0.3 is 5.32 Å². The van der Waals surface area contributed by atoms with Gasteiger partial charge in [-0.15, -0.1) is 0 Å². The Bertz CT molecular complexity index is 424. The third-order valence-corrected chi connectivity index (χ3v) is 4.32. The number of thioether (sulfide) groups is 1. The first kappa shape index (κ1) is 13.0. The van der Waals surface area contributed by atoms with Gasteiger partial charge in [0.05, 0.1) is 5.69 Å². The fourth-order valence-electron chi connectivity index (χ4n) is 1.71. The summed E-state index contributed by atoms with van der Waals surface area (Å²) in [5.74, 6) is 2.02. The zero-order chi connectivity index (χ0) is 12.4. The highest BCUT2D eigenvalue weighted by Gasteiger charge is 2.24. The van der Waals surface area contributed by atoms with Crippen LogP contribution in [0.3, 0.4) is 0 Å². The van der Waals surface area contributed by atoms with E-state index in [0.717, 1.165) is 23.5 Å². The second kappa shape index (κ2) is 5.46. The first-order valence-electron chi connectivity index (χ1n) is 5.29. The molecule has 17 heavy (non-hydrogen) atoms. The predicted octanol–water partition coefficient (Wildman–Crippen LogP) is 3.39. The largest absolute Gasteiger partial charge is 0.323 e. The van der Waals surface area contributed by atoms with Gasteiger partial charge in [0.2, 0.25) is 5.91 Å². The van der Waals surface area contributed by atoms with Crippen LogP contribution in [0.4, 0.5) is 5.69 Å². The average Bonchev–Trinajstić information content (AvgIpc) is 2.76. The number of carbonyl (C=O) groups is 1. The topological polar surface area (TPSA) is 42.0 Å². The number of aryl methyl sites for hydroxylation is 1. The number of aromatic nitrogens is 1. The lowest BCUT2D eigenvalue weighted by molar-refractivity contribution is -0.119. The molecule has 0 spiro atoms. The van der Waals surface area contributed by atoms with E-state index in [1.807, 2.05) is 6.92 Å². The molecule has 0 aromatic carbocycles. The molecule has 0 bridgehead atoms. The van der Waals surface area contributed by atoms with E-state index in [-0.39, 0.29) is 17.0 Å². The first-order valence-corrected chi connectivity index (χ1v) is 7.20. The third kappa shape index (κ3) is 3.06. The van der Waals surface area contributed by atoms with Crippen molar-refractivity contribution in [2.45, 2.75) is 13.3 Å². The normalized spacial score (nSPS) is 19.4. The zero-order valence-electron chi connectivity index (χ0n) is 9.30. The van der Waals surface area contributed by atoms with E-state index in [2.05, 4.69) is 10.3 Å². The summed E-state index contributed by atoms with van der Waals surface area (Å²) < 4.78 is 0. The van der Waals surface area contributed by atoms with Crippen molar-refractivity contribution >= 4 is 46.6 Å². The number of nitrogens with one attached hydrogen (secondary N) is 1. The van der Waals surface area contributed by atoms with Crippen molar-refractivity contribution in [2.24, 2.45) is 5.92 Å². The van der Waals surface area contributed by atoms with Crippen LogP contribution in [0.1, 0.15) is 12.0 Å². The molecule has 3 nitrogen and oxygen atoms in total. The number of hydrogen-bond acceptors (Lipinski definition) is 3. The summed E-state index contributed by atoms with van der Waals surface area (Å²) in [4.78, 5) is 15.9. The lowest BCUT2D eigenvalue weighted by Crippen LogP contribution is -2.23. The summed E-state index contributed by atoms with van der Waals surface area (Å²) in [7, 11) is 0. The van der Waals surface area contributed by atoms with Crippen LogP contribution in [0.5, 0.6) is 0 Å². The molecule has 2 rings (SSSR count). The second-order valence-electron chi connectivity index (χ2n) is 3.98. The van der Waals surface area contributed by atoms with Crippen LogP contribution >= 0.6 is 35.0 Å². The van der Waals surface area contributed by atoms with Crippen molar-refractivity contribution in [3.8, 4) is 0 Å². The van der Waals surface area contributed by atoms with Crippen LogP contribution in [-0.2, 0) is 4.79 Å². The summed E-state index contributed by atoms with van der Waals surface area (Å²) in [5.41, 5.74) is 1.40. The van der Waals surface area contributed by atoms with Crippen LogP contribution < -0.4 is 5.32 Å². The van der Waals surface area contributed by atoms with Gasteiger partial charge >= 0.3 is 0 Å². The fourth-order valence-corrected chi connectivity index (χ4v) is 3.51. The van der Waals surface area contributed by atoms with Gasteiger partial charge in [-0.25, -0.2) is 4.98 Å². The van der Waals surface area contributed by atoms with Crippen molar-refractivity contribution in [3.63, 3.8) is 0 Å². The van der Waals surface area contributed by atoms with Crippen LogP contribution in [0, 0.1) is 12.8 Å². The number of rotatable bonds is 2. The van der Waals surface area contributed by atoms with Crippen molar-refractivity contribution in [2.75, 3.05) is 16.8 Å². The minimum absolute atomic E-state index is 0.0177. The van der Waals surface area contributed by atoms with E-state index in [0.29, 0.717) is 10.8 Å². The smallest absolute Gasteiger partial charge is 0.228 e. The maximum atomic E-state index is 12.0. The lowest BCUT2D eigenvalue weighted by atomic mass is 10.1. The van der Waals surface area contributed by atoms with Crippen molar-refractivity contribution in [1.29, 1.82) is 0 Å². The molecular weight excluding hydrogens is 279 g/mol. The van der Waals surface area contributed by atoms with Gasteiger partial charge in [0.1, 0.15) is 5.15 Å². The van der Waals surface area contributed by atoms with Crippen molar-refractivity contribution in [3.05, 3.63) is 21.9 Å². The maximum absolute atomic E-state index is 12.0. The van der Waals surface area contributed by atoms with Gasteiger partial charge in [-0.1, -0.05) is 23.2 Å². The Morgan fingerprint density at radius 3 is 2.94 bits per heavy atom. The molecule has 2 heterocycles. The molecule has 0 radical (unpaired) electrons. The van der Waals surface area contributed by atoms with E-state index >= 15 is 0 Å². The highest BCUT2D eigenvalue weighted by molar-refractivity contribution is 7.99. The molecule has 1 N–H and O–H groups in total. The standard InChI is InChI=1S/C11H12Cl2N2OS/c1-6-4-8(12)14-10(13)9(6)15-11(16)7-2-3-17-5-7/h4,7H,2-3,5H2,1H3,(H,15,16). The van der Waals surface area contributed by atoms with E-state index < -0.39 is 0 Å². The number of halogens is 2. The van der Waals surface area contributed by atoms with E-state index in [4.69, 9.17) is 23.2 Å². The van der Waals surface area contributed by atoms with Gasteiger partial charge in [0.25, 0.3) is 0 Å². The molecule has 6 heteroatoms. The Balaban J connectivity index is 2.15. The average molecular weight is 291 g/mol. The van der Waals surface area contributed by atoms with Gasteiger partial charge in [0, 0.05) is 11.7 Å². The number of pyridine rings is 1. The Morgan fingerprint density at radius 2 is 2.35 bits per heavy atom. The van der Waals surface area contributed by atoms with Gasteiger partial charge in [-0.2, -0.15) is 11.8 Å². The van der Waals surface area contributed by atoms with E-state index in [1.54, 1.807) is 17.8 Å². The molecule has 1 saturated heterocycles. The predicted molar refractivity (Wildman–Crippen MR) is 73.1 cm³/mol. The summed E-state index contributed by atoms with van der Waals surface area (Å²) >= 11 is 13.5. The summed E-state index contributed by atoms with van der Waals surface area (Å²) in [6, 6.07) is 1.69. The Labute approximate surface area is 114 Å². The van der Waals surface area contributed by atoms with Gasteiger partial charge in [-0.05, 0) is 30.7 Å². The van der Waals surface area contributed by atoms with E-state index in [1.165, 1.54) is 0 Å². The van der Waals surface area contributed by atoms with E-state index in [9.17, 15) is 4.79 Å². The molecule has 0 saturated carbocycles. The number of nitrogens with zero attached hydrogens (tertiary/aromatic N) is 1. The summed E-state index contributed by atoms with van der Waals surface area (Å²) in [6.45, 7) is 1.85. The van der Waals surface area contributed by atoms with Crippen LogP contribution in [-0.4, -0.2) is 22.4 Å². The van der Waals surface area contributed by atoms with Gasteiger partial charge in [-0.3, -0.25) is 4.79 Å². The highest BCUT2D eigenvalue weighted by atomic mass is 35.5.